The van der Waals surface area contributed by atoms with Gasteiger partial charge in [-0.3, -0.25) is 14.3 Å². The van der Waals surface area contributed by atoms with E-state index in [0.717, 1.165) is 57.4 Å². The smallest absolute Gasteiger partial charge is 0.225 e. The van der Waals surface area contributed by atoms with Gasteiger partial charge in [-0.05, 0) is 32.1 Å². The number of piperidine rings is 1. The molecule has 1 saturated heterocycles. The van der Waals surface area contributed by atoms with E-state index in [9.17, 15) is 9.59 Å². The molecule has 3 heterocycles. The number of carbonyl (C=O) groups is 2. The maximum absolute atomic E-state index is 12.8. The Morgan fingerprint density at radius 1 is 1.04 bits per heavy atom. The molecule has 2 aliphatic heterocycles. The summed E-state index contributed by atoms with van der Waals surface area (Å²) in [5, 5.41) is 4.70. The summed E-state index contributed by atoms with van der Waals surface area (Å²) in [6.07, 6.45) is 7.31. The normalized spacial score (nSPS) is 17.3. The lowest BCUT2D eigenvalue weighted by atomic mass is 9.98. The van der Waals surface area contributed by atoms with Gasteiger partial charge in [-0.15, -0.1) is 0 Å². The van der Waals surface area contributed by atoms with Crippen molar-refractivity contribution in [1.82, 2.24) is 19.6 Å². The molecular formula is C21H34N4O2. The Morgan fingerprint density at radius 3 is 2.41 bits per heavy atom. The second-order valence-corrected chi connectivity index (χ2v) is 7.96. The lowest BCUT2D eigenvalue weighted by Gasteiger charge is -2.30. The fourth-order valence-electron chi connectivity index (χ4n) is 4.48. The maximum Gasteiger partial charge on any atom is 0.225 e. The zero-order valence-corrected chi connectivity index (χ0v) is 17.2. The first kappa shape index (κ1) is 19.9. The SMILES string of the molecule is CCC(CC)C(=O)N1CCc2c(c(CCC(=O)N3CCCCC3)nn2C)C1. The van der Waals surface area contributed by atoms with Crippen LogP contribution in [-0.4, -0.2) is 51.0 Å². The number of hydrogen-bond acceptors (Lipinski definition) is 3. The van der Waals surface area contributed by atoms with Gasteiger partial charge in [0.15, 0.2) is 0 Å². The molecule has 0 unspecified atom stereocenters. The third-order valence-corrected chi connectivity index (χ3v) is 6.26. The Hall–Kier alpha value is -1.85. The van der Waals surface area contributed by atoms with Crippen molar-refractivity contribution in [3.8, 4) is 0 Å². The Morgan fingerprint density at radius 2 is 1.74 bits per heavy atom. The van der Waals surface area contributed by atoms with Crippen LogP contribution in [0.2, 0.25) is 0 Å². The van der Waals surface area contributed by atoms with E-state index in [0.29, 0.717) is 19.4 Å². The fraction of sp³-hybridized carbons (Fsp3) is 0.762. The first-order valence-electron chi connectivity index (χ1n) is 10.6. The van der Waals surface area contributed by atoms with E-state index in [1.54, 1.807) is 0 Å². The minimum Gasteiger partial charge on any atom is -0.343 e. The highest BCUT2D eigenvalue weighted by atomic mass is 16.2. The lowest BCUT2D eigenvalue weighted by Crippen LogP contribution is -2.40. The molecule has 6 nitrogen and oxygen atoms in total. The van der Waals surface area contributed by atoms with Crippen LogP contribution in [0.25, 0.3) is 0 Å². The number of likely N-dealkylation sites (tertiary alicyclic amines) is 1. The van der Waals surface area contributed by atoms with E-state index in [4.69, 9.17) is 5.10 Å². The molecule has 27 heavy (non-hydrogen) atoms. The fourth-order valence-corrected chi connectivity index (χ4v) is 4.48. The number of rotatable bonds is 6. The summed E-state index contributed by atoms with van der Waals surface area (Å²) in [7, 11) is 1.98. The molecule has 0 spiro atoms. The molecule has 0 saturated carbocycles. The minimum atomic E-state index is 0.118. The van der Waals surface area contributed by atoms with Crippen molar-refractivity contribution in [2.75, 3.05) is 19.6 Å². The van der Waals surface area contributed by atoms with Gasteiger partial charge in [0, 0.05) is 69.7 Å². The minimum absolute atomic E-state index is 0.118. The van der Waals surface area contributed by atoms with E-state index in [-0.39, 0.29) is 17.7 Å². The Kier molecular flexibility index (Phi) is 6.55. The van der Waals surface area contributed by atoms with Gasteiger partial charge in [-0.2, -0.15) is 5.10 Å². The monoisotopic (exact) mass is 374 g/mol. The van der Waals surface area contributed by atoms with Crippen LogP contribution >= 0.6 is 0 Å². The molecular weight excluding hydrogens is 340 g/mol. The maximum atomic E-state index is 12.8. The van der Waals surface area contributed by atoms with Gasteiger partial charge in [0.2, 0.25) is 11.8 Å². The van der Waals surface area contributed by atoms with Gasteiger partial charge >= 0.3 is 0 Å². The number of aromatic nitrogens is 2. The van der Waals surface area contributed by atoms with Crippen molar-refractivity contribution in [3.63, 3.8) is 0 Å². The van der Waals surface area contributed by atoms with Gasteiger partial charge in [0.25, 0.3) is 0 Å². The molecule has 2 aliphatic rings. The van der Waals surface area contributed by atoms with Crippen LogP contribution in [0.3, 0.4) is 0 Å². The Bertz CT molecular complexity index is 672. The van der Waals surface area contributed by atoms with Crippen LogP contribution in [0.1, 0.15) is 69.3 Å². The number of carbonyl (C=O) groups excluding carboxylic acids is 2. The highest BCUT2D eigenvalue weighted by Crippen LogP contribution is 2.25. The van der Waals surface area contributed by atoms with E-state index < -0.39 is 0 Å². The second kappa shape index (κ2) is 8.89. The molecule has 0 aliphatic carbocycles. The van der Waals surface area contributed by atoms with Gasteiger partial charge in [0.05, 0.1) is 5.69 Å². The summed E-state index contributed by atoms with van der Waals surface area (Å²) < 4.78 is 1.95. The van der Waals surface area contributed by atoms with E-state index in [1.807, 2.05) is 21.5 Å². The first-order valence-corrected chi connectivity index (χ1v) is 10.6. The standard InChI is InChI=1S/C21H34N4O2/c1-4-16(5-2)21(27)25-14-11-19-17(15-25)18(22-23(19)3)9-10-20(26)24-12-7-6-8-13-24/h16H,4-15H2,1-3H3. The summed E-state index contributed by atoms with van der Waals surface area (Å²) in [4.78, 5) is 29.3. The van der Waals surface area contributed by atoms with Crippen LogP contribution in [0, 0.1) is 5.92 Å². The third kappa shape index (κ3) is 4.36. The van der Waals surface area contributed by atoms with Crippen LogP contribution in [0.4, 0.5) is 0 Å². The molecule has 1 fully saturated rings. The van der Waals surface area contributed by atoms with Gasteiger partial charge in [-0.1, -0.05) is 13.8 Å². The zero-order valence-electron chi connectivity index (χ0n) is 17.2. The number of hydrogen-bond donors (Lipinski definition) is 0. The topological polar surface area (TPSA) is 58.4 Å². The Labute approximate surface area is 162 Å². The average Bonchev–Trinajstić information content (AvgIpc) is 3.02. The van der Waals surface area contributed by atoms with Crippen LogP contribution in [0.15, 0.2) is 0 Å². The van der Waals surface area contributed by atoms with Crippen molar-refractivity contribution in [3.05, 3.63) is 17.0 Å². The molecule has 0 atom stereocenters. The summed E-state index contributed by atoms with van der Waals surface area (Å²) in [6.45, 7) is 7.39. The summed E-state index contributed by atoms with van der Waals surface area (Å²) in [5.41, 5.74) is 3.40. The number of aryl methyl sites for hydroxylation is 2. The Balaban J connectivity index is 1.67. The molecule has 0 bridgehead atoms. The number of amides is 2. The second-order valence-electron chi connectivity index (χ2n) is 7.96. The van der Waals surface area contributed by atoms with Crippen LogP contribution in [-0.2, 0) is 36.0 Å². The van der Waals surface area contributed by atoms with Gasteiger partial charge in [-0.25, -0.2) is 0 Å². The quantitative estimate of drug-likeness (QED) is 0.769. The zero-order chi connectivity index (χ0) is 19.4. The van der Waals surface area contributed by atoms with Crippen LogP contribution in [0.5, 0.6) is 0 Å². The molecule has 3 rings (SSSR count). The average molecular weight is 375 g/mol. The first-order chi connectivity index (χ1) is 13.0. The summed E-state index contributed by atoms with van der Waals surface area (Å²) >= 11 is 0. The van der Waals surface area contributed by atoms with Crippen molar-refractivity contribution in [1.29, 1.82) is 0 Å². The lowest BCUT2D eigenvalue weighted by molar-refractivity contribution is -0.136. The molecule has 6 heteroatoms. The number of nitrogens with zero attached hydrogens (tertiary/aromatic N) is 4. The van der Waals surface area contributed by atoms with Gasteiger partial charge in [0.1, 0.15) is 0 Å². The van der Waals surface area contributed by atoms with Crippen molar-refractivity contribution >= 4 is 11.8 Å². The molecule has 0 N–H and O–H groups in total. The van der Waals surface area contributed by atoms with E-state index >= 15 is 0 Å². The number of fused-ring (bicyclic) bond motifs is 1. The molecule has 0 radical (unpaired) electrons. The molecule has 2 amide bonds. The van der Waals surface area contributed by atoms with Crippen molar-refractivity contribution in [2.45, 2.75) is 71.8 Å². The highest BCUT2D eigenvalue weighted by molar-refractivity contribution is 5.79. The van der Waals surface area contributed by atoms with Crippen molar-refractivity contribution < 1.29 is 9.59 Å². The summed E-state index contributed by atoms with van der Waals surface area (Å²) in [6, 6.07) is 0. The molecule has 0 aromatic carbocycles. The van der Waals surface area contributed by atoms with E-state index in [1.165, 1.54) is 17.7 Å². The summed E-state index contributed by atoms with van der Waals surface area (Å²) in [5.74, 6) is 0.632. The van der Waals surface area contributed by atoms with Gasteiger partial charge < -0.3 is 9.80 Å². The third-order valence-electron chi connectivity index (χ3n) is 6.26. The predicted molar refractivity (Wildman–Crippen MR) is 105 cm³/mol. The molecule has 1 aromatic rings. The molecule has 150 valence electrons. The van der Waals surface area contributed by atoms with Crippen molar-refractivity contribution in [2.24, 2.45) is 13.0 Å². The molecule has 1 aromatic heterocycles. The largest absolute Gasteiger partial charge is 0.343 e. The highest BCUT2D eigenvalue weighted by Gasteiger charge is 2.29. The van der Waals surface area contributed by atoms with Crippen LogP contribution < -0.4 is 0 Å². The van der Waals surface area contributed by atoms with E-state index in [2.05, 4.69) is 13.8 Å². The predicted octanol–water partition coefficient (Wildman–Crippen LogP) is 2.69.